The first kappa shape index (κ1) is 16.1. The third-order valence-electron chi connectivity index (χ3n) is 3.14. The molecule has 1 aliphatic rings. The molecular weight excluding hydrogens is 268 g/mol. The second kappa shape index (κ2) is 7.59. The van der Waals surface area contributed by atoms with Gasteiger partial charge in [-0.15, -0.1) is 0 Å². The van der Waals surface area contributed by atoms with Crippen molar-refractivity contribution in [3.8, 4) is 0 Å². The van der Waals surface area contributed by atoms with Crippen LogP contribution in [0, 0.1) is 0 Å². The summed E-state index contributed by atoms with van der Waals surface area (Å²) in [6.45, 7) is 3.06. The minimum Gasteiger partial charge on any atom is -0.480 e. The van der Waals surface area contributed by atoms with Crippen LogP contribution in [-0.2, 0) is 9.53 Å². The Hall–Kier alpha value is -0.950. The van der Waals surface area contributed by atoms with E-state index in [4.69, 9.17) is 9.84 Å². The quantitative estimate of drug-likeness (QED) is 0.652. The number of urea groups is 1. The highest BCUT2D eigenvalue weighted by molar-refractivity contribution is 7.98. The summed E-state index contributed by atoms with van der Waals surface area (Å²) in [5.41, 5.74) is -0.324. The smallest absolute Gasteiger partial charge is 0.326 e. The minimum atomic E-state index is -1.01. The van der Waals surface area contributed by atoms with Crippen molar-refractivity contribution >= 4 is 23.8 Å². The van der Waals surface area contributed by atoms with Crippen molar-refractivity contribution in [2.75, 3.05) is 25.2 Å². The number of ether oxygens (including phenoxy) is 1. The summed E-state index contributed by atoms with van der Waals surface area (Å²) in [6, 6.07) is -1.30. The van der Waals surface area contributed by atoms with Gasteiger partial charge in [-0.05, 0) is 38.2 Å². The Morgan fingerprint density at radius 1 is 1.53 bits per heavy atom. The van der Waals surface area contributed by atoms with Gasteiger partial charge in [-0.25, -0.2) is 9.59 Å². The van der Waals surface area contributed by atoms with E-state index in [-0.39, 0.29) is 5.60 Å². The van der Waals surface area contributed by atoms with Gasteiger partial charge in [-0.3, -0.25) is 0 Å². The van der Waals surface area contributed by atoms with Gasteiger partial charge in [0.05, 0.1) is 5.60 Å². The molecule has 0 saturated carbocycles. The standard InChI is InChI=1S/C12H22N2O4S/c1-12(5-3-6-18-12)8-13-11(17)14-9(10(15)16)4-7-19-2/h9H,3-8H2,1-2H3,(H,15,16)(H2,13,14,17)/t9-,12?/m0/s1. The summed E-state index contributed by atoms with van der Waals surface area (Å²) in [7, 11) is 0. The summed E-state index contributed by atoms with van der Waals surface area (Å²) in [6.07, 6.45) is 4.21. The van der Waals surface area contributed by atoms with Crippen LogP contribution < -0.4 is 10.6 Å². The number of nitrogens with one attached hydrogen (secondary N) is 2. The number of thioether (sulfide) groups is 1. The van der Waals surface area contributed by atoms with Crippen LogP contribution in [0.5, 0.6) is 0 Å². The average molecular weight is 290 g/mol. The van der Waals surface area contributed by atoms with Crippen LogP contribution in [-0.4, -0.2) is 53.9 Å². The number of hydrogen-bond acceptors (Lipinski definition) is 4. The minimum absolute atomic E-state index is 0.324. The van der Waals surface area contributed by atoms with Crippen molar-refractivity contribution in [3.05, 3.63) is 0 Å². The second-order valence-corrected chi connectivity index (χ2v) is 5.89. The first-order valence-corrected chi connectivity index (χ1v) is 7.76. The molecule has 0 bridgehead atoms. The largest absolute Gasteiger partial charge is 0.480 e. The van der Waals surface area contributed by atoms with Crippen LogP contribution in [0.1, 0.15) is 26.2 Å². The fraction of sp³-hybridized carbons (Fsp3) is 0.833. The third-order valence-corrected chi connectivity index (χ3v) is 3.78. The number of aliphatic carboxylic acids is 1. The van der Waals surface area contributed by atoms with E-state index in [1.54, 1.807) is 11.8 Å². The Balaban J connectivity index is 2.33. The Kier molecular flexibility index (Phi) is 6.44. The van der Waals surface area contributed by atoms with Crippen LogP contribution in [0.4, 0.5) is 4.79 Å². The van der Waals surface area contributed by atoms with Crippen molar-refractivity contribution in [2.45, 2.75) is 37.8 Å². The van der Waals surface area contributed by atoms with E-state index >= 15 is 0 Å². The van der Waals surface area contributed by atoms with Crippen LogP contribution in [0.25, 0.3) is 0 Å². The van der Waals surface area contributed by atoms with Crippen LogP contribution >= 0.6 is 11.8 Å². The van der Waals surface area contributed by atoms with Gasteiger partial charge >= 0.3 is 12.0 Å². The fourth-order valence-corrected chi connectivity index (χ4v) is 2.42. The molecule has 1 heterocycles. The zero-order chi connectivity index (χ0) is 14.3. The molecule has 2 amide bonds. The van der Waals surface area contributed by atoms with Gasteiger partial charge in [0, 0.05) is 13.2 Å². The van der Waals surface area contributed by atoms with E-state index < -0.39 is 18.0 Å². The van der Waals surface area contributed by atoms with E-state index in [1.165, 1.54) is 0 Å². The van der Waals surface area contributed by atoms with E-state index in [1.807, 2.05) is 13.2 Å². The van der Waals surface area contributed by atoms with E-state index in [0.717, 1.165) is 12.8 Å². The van der Waals surface area contributed by atoms with Crippen molar-refractivity contribution < 1.29 is 19.4 Å². The van der Waals surface area contributed by atoms with E-state index in [2.05, 4.69) is 10.6 Å². The van der Waals surface area contributed by atoms with Gasteiger partial charge in [0.25, 0.3) is 0 Å². The molecule has 0 aromatic carbocycles. The molecule has 1 aliphatic heterocycles. The zero-order valence-electron chi connectivity index (χ0n) is 11.4. The highest BCUT2D eigenvalue weighted by Crippen LogP contribution is 2.23. The second-order valence-electron chi connectivity index (χ2n) is 4.90. The molecule has 1 saturated heterocycles. The highest BCUT2D eigenvalue weighted by atomic mass is 32.2. The highest BCUT2D eigenvalue weighted by Gasteiger charge is 2.30. The lowest BCUT2D eigenvalue weighted by molar-refractivity contribution is -0.139. The maximum Gasteiger partial charge on any atom is 0.326 e. The SMILES string of the molecule is CSCC[C@H](NC(=O)NCC1(C)CCCO1)C(=O)O. The molecule has 3 N–H and O–H groups in total. The van der Waals surface area contributed by atoms with Gasteiger partial charge in [0.15, 0.2) is 0 Å². The van der Waals surface area contributed by atoms with Crippen molar-refractivity contribution in [1.29, 1.82) is 0 Å². The summed E-state index contributed by atoms with van der Waals surface area (Å²) in [5, 5.41) is 14.2. The molecule has 7 heteroatoms. The number of carboxylic acid groups (broad SMARTS) is 1. The maximum absolute atomic E-state index is 11.7. The Bertz CT molecular complexity index is 319. The summed E-state index contributed by atoms with van der Waals surface area (Å²) < 4.78 is 5.55. The lowest BCUT2D eigenvalue weighted by atomic mass is 10.0. The Morgan fingerprint density at radius 3 is 2.79 bits per heavy atom. The molecule has 0 aromatic rings. The Labute approximate surface area is 117 Å². The molecule has 0 radical (unpaired) electrons. The lowest BCUT2D eigenvalue weighted by Gasteiger charge is -2.24. The Morgan fingerprint density at radius 2 is 2.26 bits per heavy atom. The monoisotopic (exact) mass is 290 g/mol. The van der Waals surface area contributed by atoms with E-state index in [0.29, 0.717) is 25.3 Å². The lowest BCUT2D eigenvalue weighted by Crippen LogP contribution is -2.49. The maximum atomic E-state index is 11.7. The molecule has 1 unspecified atom stereocenters. The van der Waals surface area contributed by atoms with Crippen LogP contribution in [0.15, 0.2) is 0 Å². The topological polar surface area (TPSA) is 87.7 Å². The first-order valence-electron chi connectivity index (χ1n) is 6.37. The molecule has 6 nitrogen and oxygen atoms in total. The van der Waals surface area contributed by atoms with Gasteiger partial charge in [-0.1, -0.05) is 0 Å². The van der Waals surface area contributed by atoms with Gasteiger partial charge in [-0.2, -0.15) is 11.8 Å². The molecule has 110 valence electrons. The molecule has 2 atom stereocenters. The number of carboxylic acids is 1. The molecule has 0 aromatic heterocycles. The normalized spacial score (nSPS) is 23.9. The molecule has 19 heavy (non-hydrogen) atoms. The number of carbonyl (C=O) groups is 2. The zero-order valence-corrected chi connectivity index (χ0v) is 12.2. The predicted molar refractivity (Wildman–Crippen MR) is 74.5 cm³/mol. The number of rotatable bonds is 7. The van der Waals surface area contributed by atoms with Crippen molar-refractivity contribution in [2.24, 2.45) is 0 Å². The van der Waals surface area contributed by atoms with Gasteiger partial charge < -0.3 is 20.5 Å². The molecule has 0 aliphatic carbocycles. The van der Waals surface area contributed by atoms with Gasteiger partial charge in [0.1, 0.15) is 6.04 Å². The summed E-state index contributed by atoms with van der Waals surface area (Å²) in [5.74, 6) is -0.314. The predicted octanol–water partition coefficient (Wildman–Crippen LogP) is 1.06. The number of carbonyl (C=O) groups excluding carboxylic acids is 1. The summed E-state index contributed by atoms with van der Waals surface area (Å²) in [4.78, 5) is 22.7. The molecular formula is C12H22N2O4S. The van der Waals surface area contributed by atoms with Crippen molar-refractivity contribution in [1.82, 2.24) is 10.6 Å². The molecule has 1 fully saturated rings. The first-order chi connectivity index (χ1) is 8.97. The van der Waals surface area contributed by atoms with Crippen LogP contribution in [0.2, 0.25) is 0 Å². The number of amides is 2. The molecule has 0 spiro atoms. The average Bonchev–Trinajstić information content (AvgIpc) is 2.79. The number of hydrogen-bond donors (Lipinski definition) is 3. The summed E-state index contributed by atoms with van der Waals surface area (Å²) >= 11 is 1.55. The third kappa shape index (κ3) is 5.69. The fourth-order valence-electron chi connectivity index (χ4n) is 1.95. The van der Waals surface area contributed by atoms with Crippen molar-refractivity contribution in [3.63, 3.8) is 0 Å². The van der Waals surface area contributed by atoms with Crippen LogP contribution in [0.3, 0.4) is 0 Å². The van der Waals surface area contributed by atoms with E-state index in [9.17, 15) is 9.59 Å². The van der Waals surface area contributed by atoms with Gasteiger partial charge in [0.2, 0.25) is 0 Å². The molecule has 1 rings (SSSR count).